The van der Waals surface area contributed by atoms with Gasteiger partial charge in [0.1, 0.15) is 18.1 Å². The SMILES string of the molecule is CCOC(Cc1ccc(OC/C(=N\O)c2cccc(C)c2)cc1)C(=O)O. The van der Waals surface area contributed by atoms with Gasteiger partial charge in [0, 0.05) is 18.6 Å². The van der Waals surface area contributed by atoms with Gasteiger partial charge in [0.05, 0.1) is 0 Å². The Labute approximate surface area is 152 Å². The van der Waals surface area contributed by atoms with Crippen LogP contribution in [0.4, 0.5) is 0 Å². The van der Waals surface area contributed by atoms with Crippen molar-refractivity contribution in [3.8, 4) is 5.75 Å². The van der Waals surface area contributed by atoms with E-state index in [1.54, 1.807) is 31.2 Å². The third kappa shape index (κ3) is 5.60. The van der Waals surface area contributed by atoms with E-state index in [2.05, 4.69) is 5.16 Å². The number of hydrogen-bond acceptors (Lipinski definition) is 5. The molecule has 0 saturated heterocycles. The topological polar surface area (TPSA) is 88.4 Å². The molecule has 2 aromatic rings. The molecule has 0 aliphatic rings. The second kappa shape index (κ2) is 9.58. The van der Waals surface area contributed by atoms with Crippen molar-refractivity contribution >= 4 is 11.7 Å². The highest BCUT2D eigenvalue weighted by atomic mass is 16.5. The van der Waals surface area contributed by atoms with Crippen LogP contribution in [0.1, 0.15) is 23.6 Å². The van der Waals surface area contributed by atoms with Gasteiger partial charge in [-0.25, -0.2) is 4.79 Å². The fraction of sp³-hybridized carbons (Fsp3) is 0.300. The van der Waals surface area contributed by atoms with E-state index in [1.807, 2.05) is 31.2 Å². The first-order valence-electron chi connectivity index (χ1n) is 8.37. The van der Waals surface area contributed by atoms with Crippen molar-refractivity contribution in [2.45, 2.75) is 26.4 Å². The quantitative estimate of drug-likeness (QED) is 0.408. The van der Waals surface area contributed by atoms with Crippen molar-refractivity contribution in [3.05, 3.63) is 65.2 Å². The van der Waals surface area contributed by atoms with Gasteiger partial charge in [-0.3, -0.25) is 0 Å². The van der Waals surface area contributed by atoms with Crippen molar-refractivity contribution in [3.63, 3.8) is 0 Å². The summed E-state index contributed by atoms with van der Waals surface area (Å²) in [4.78, 5) is 11.1. The Kier molecular flexibility index (Phi) is 7.17. The summed E-state index contributed by atoms with van der Waals surface area (Å²) in [6.07, 6.45) is -0.572. The van der Waals surface area contributed by atoms with Crippen LogP contribution < -0.4 is 4.74 Å². The summed E-state index contributed by atoms with van der Waals surface area (Å²) in [7, 11) is 0. The number of rotatable bonds is 9. The molecule has 138 valence electrons. The summed E-state index contributed by atoms with van der Waals surface area (Å²) in [5.41, 5.74) is 3.13. The number of nitrogens with zero attached hydrogens (tertiary/aromatic N) is 1. The van der Waals surface area contributed by atoms with Crippen LogP contribution in [0, 0.1) is 6.92 Å². The van der Waals surface area contributed by atoms with Gasteiger partial charge < -0.3 is 19.8 Å². The number of ether oxygens (including phenoxy) is 2. The number of oxime groups is 1. The molecule has 0 aromatic heterocycles. The molecule has 0 amide bonds. The first kappa shape index (κ1) is 19.5. The van der Waals surface area contributed by atoms with Gasteiger partial charge >= 0.3 is 5.97 Å². The van der Waals surface area contributed by atoms with Crippen molar-refractivity contribution in [2.75, 3.05) is 13.2 Å². The second-order valence-electron chi connectivity index (χ2n) is 5.84. The fourth-order valence-corrected chi connectivity index (χ4v) is 2.50. The van der Waals surface area contributed by atoms with Gasteiger partial charge in [-0.2, -0.15) is 0 Å². The van der Waals surface area contributed by atoms with Gasteiger partial charge in [0.25, 0.3) is 0 Å². The van der Waals surface area contributed by atoms with E-state index in [4.69, 9.17) is 14.6 Å². The average molecular weight is 357 g/mol. The minimum Gasteiger partial charge on any atom is -0.487 e. The zero-order chi connectivity index (χ0) is 18.9. The van der Waals surface area contributed by atoms with E-state index >= 15 is 0 Å². The lowest BCUT2D eigenvalue weighted by Crippen LogP contribution is -2.26. The number of hydrogen-bond donors (Lipinski definition) is 2. The highest BCUT2D eigenvalue weighted by Gasteiger charge is 2.17. The monoisotopic (exact) mass is 357 g/mol. The van der Waals surface area contributed by atoms with Crippen molar-refractivity contribution < 1.29 is 24.6 Å². The van der Waals surface area contributed by atoms with Crippen molar-refractivity contribution in [1.82, 2.24) is 0 Å². The number of carbonyl (C=O) groups is 1. The Morgan fingerprint density at radius 1 is 1.19 bits per heavy atom. The third-order valence-corrected chi connectivity index (χ3v) is 3.84. The van der Waals surface area contributed by atoms with Crippen LogP contribution in [0.25, 0.3) is 0 Å². The molecule has 2 N–H and O–H groups in total. The minimum atomic E-state index is -0.978. The molecule has 1 unspecified atom stereocenters. The van der Waals surface area contributed by atoms with Crippen molar-refractivity contribution in [1.29, 1.82) is 0 Å². The lowest BCUT2D eigenvalue weighted by atomic mass is 10.1. The van der Waals surface area contributed by atoms with E-state index in [0.29, 0.717) is 18.1 Å². The van der Waals surface area contributed by atoms with Crippen LogP contribution in [0.15, 0.2) is 53.7 Å². The Hall–Kier alpha value is -2.86. The maximum absolute atomic E-state index is 11.1. The maximum atomic E-state index is 11.1. The molecule has 0 spiro atoms. The molecule has 0 heterocycles. The molecule has 6 nitrogen and oxygen atoms in total. The molecular weight excluding hydrogens is 334 g/mol. The molecular formula is C20H23NO5. The van der Waals surface area contributed by atoms with E-state index in [0.717, 1.165) is 16.7 Å². The molecule has 6 heteroatoms. The number of aliphatic carboxylic acids is 1. The van der Waals surface area contributed by atoms with E-state index in [1.165, 1.54) is 0 Å². The lowest BCUT2D eigenvalue weighted by Gasteiger charge is -2.13. The first-order valence-corrected chi connectivity index (χ1v) is 8.37. The normalized spacial score (nSPS) is 12.6. The number of carboxylic acids is 1. The molecule has 0 radical (unpaired) electrons. The molecule has 26 heavy (non-hydrogen) atoms. The van der Waals surface area contributed by atoms with Gasteiger partial charge in [-0.15, -0.1) is 0 Å². The zero-order valence-electron chi connectivity index (χ0n) is 14.9. The first-order chi connectivity index (χ1) is 12.5. The van der Waals surface area contributed by atoms with Gasteiger partial charge in [0.2, 0.25) is 0 Å². The van der Waals surface area contributed by atoms with Crippen molar-refractivity contribution in [2.24, 2.45) is 5.16 Å². The molecule has 0 aliphatic heterocycles. The molecule has 0 fully saturated rings. The molecule has 1 atom stereocenters. The number of carboxylic acid groups (broad SMARTS) is 1. The summed E-state index contributed by atoms with van der Waals surface area (Å²) in [5, 5.41) is 21.7. The second-order valence-corrected chi connectivity index (χ2v) is 5.84. The highest BCUT2D eigenvalue weighted by molar-refractivity contribution is 6.01. The van der Waals surface area contributed by atoms with Gasteiger partial charge in [0.15, 0.2) is 6.10 Å². The van der Waals surface area contributed by atoms with E-state index in [-0.39, 0.29) is 13.0 Å². The average Bonchev–Trinajstić information content (AvgIpc) is 2.63. The van der Waals surface area contributed by atoms with Crippen LogP contribution in [0.3, 0.4) is 0 Å². The molecule has 0 aliphatic carbocycles. The van der Waals surface area contributed by atoms with Crippen LogP contribution in [-0.4, -0.2) is 41.3 Å². The van der Waals surface area contributed by atoms with Crippen LogP contribution in [0.5, 0.6) is 5.75 Å². The summed E-state index contributed by atoms with van der Waals surface area (Å²) in [5.74, 6) is -0.375. The summed E-state index contributed by atoms with van der Waals surface area (Å²) < 4.78 is 10.9. The summed E-state index contributed by atoms with van der Waals surface area (Å²) in [6, 6.07) is 14.7. The minimum absolute atomic E-state index is 0.121. The van der Waals surface area contributed by atoms with E-state index in [9.17, 15) is 10.0 Å². The fourth-order valence-electron chi connectivity index (χ4n) is 2.50. The largest absolute Gasteiger partial charge is 0.487 e. The Balaban J connectivity index is 1.97. The third-order valence-electron chi connectivity index (χ3n) is 3.84. The molecule has 2 aromatic carbocycles. The van der Waals surface area contributed by atoms with E-state index < -0.39 is 12.1 Å². The van der Waals surface area contributed by atoms with Gasteiger partial charge in [-0.05, 0) is 37.6 Å². The predicted molar refractivity (Wildman–Crippen MR) is 98.2 cm³/mol. The Morgan fingerprint density at radius 3 is 2.50 bits per heavy atom. The Bertz CT molecular complexity index is 755. The molecule has 0 saturated carbocycles. The van der Waals surface area contributed by atoms with Crippen LogP contribution in [-0.2, 0) is 16.0 Å². The smallest absolute Gasteiger partial charge is 0.333 e. The molecule has 0 bridgehead atoms. The van der Waals surface area contributed by atoms with Crippen LogP contribution >= 0.6 is 0 Å². The molecule has 2 rings (SSSR count). The zero-order valence-corrected chi connectivity index (χ0v) is 14.9. The standard InChI is InChI=1S/C20H23NO5/c1-3-25-19(20(22)23)12-15-7-9-17(10-8-15)26-13-18(21-24)16-6-4-5-14(2)11-16/h4-11,19,24H,3,12-13H2,1-2H3,(H,22,23)/b21-18+. The summed E-state index contributed by atoms with van der Waals surface area (Å²) >= 11 is 0. The van der Waals surface area contributed by atoms with Crippen LogP contribution in [0.2, 0.25) is 0 Å². The summed E-state index contributed by atoms with van der Waals surface area (Å²) in [6.45, 7) is 4.20. The number of aryl methyl sites for hydroxylation is 1. The van der Waals surface area contributed by atoms with Gasteiger partial charge in [-0.1, -0.05) is 41.1 Å². The lowest BCUT2D eigenvalue weighted by molar-refractivity contribution is -0.149. The number of benzene rings is 2. The predicted octanol–water partition coefficient (Wildman–Crippen LogP) is 3.28. The maximum Gasteiger partial charge on any atom is 0.333 e. The Morgan fingerprint density at radius 2 is 1.92 bits per heavy atom. The highest BCUT2D eigenvalue weighted by Crippen LogP contribution is 2.15.